The molecule has 0 unspecified atom stereocenters. The summed E-state index contributed by atoms with van der Waals surface area (Å²) in [5.74, 6) is -2.32. The average molecular weight is 490 g/mol. The van der Waals surface area contributed by atoms with E-state index < -0.39 is 23.7 Å². The maximum absolute atomic E-state index is 13.0. The fraction of sp³-hybridized carbons (Fsp3) is 0.0769. The van der Waals surface area contributed by atoms with Gasteiger partial charge in [-0.3, -0.25) is 14.4 Å². The zero-order valence-electron chi connectivity index (χ0n) is 18.8. The third kappa shape index (κ3) is 4.78. The SMILES string of the molecule is COC(=O)c1ccccc1NC(=O)c1cccc(NC2=C(Cl)C(=O)N(c3ccc(C)cc3)C2=O)c1. The Hall–Kier alpha value is -4.43. The highest BCUT2D eigenvalue weighted by molar-refractivity contribution is 6.53. The number of carbonyl (C=O) groups is 4. The summed E-state index contributed by atoms with van der Waals surface area (Å²) in [7, 11) is 1.25. The van der Waals surface area contributed by atoms with Gasteiger partial charge >= 0.3 is 5.97 Å². The lowest BCUT2D eigenvalue weighted by atomic mass is 10.1. The van der Waals surface area contributed by atoms with Gasteiger partial charge in [-0.15, -0.1) is 0 Å². The number of esters is 1. The van der Waals surface area contributed by atoms with Crippen LogP contribution in [0.5, 0.6) is 0 Å². The minimum absolute atomic E-state index is 0.0918. The largest absolute Gasteiger partial charge is 0.465 e. The van der Waals surface area contributed by atoms with Crippen LogP contribution in [0.25, 0.3) is 0 Å². The number of para-hydroxylation sites is 1. The molecule has 176 valence electrons. The van der Waals surface area contributed by atoms with E-state index in [-0.39, 0.29) is 21.9 Å². The molecule has 8 nitrogen and oxygen atoms in total. The lowest BCUT2D eigenvalue weighted by Crippen LogP contribution is -2.32. The maximum Gasteiger partial charge on any atom is 0.339 e. The van der Waals surface area contributed by atoms with Crippen LogP contribution in [0.15, 0.2) is 83.5 Å². The van der Waals surface area contributed by atoms with Crippen LogP contribution < -0.4 is 15.5 Å². The smallest absolute Gasteiger partial charge is 0.339 e. The molecule has 0 aromatic heterocycles. The van der Waals surface area contributed by atoms with Crippen molar-refractivity contribution >= 4 is 52.4 Å². The van der Waals surface area contributed by atoms with Crippen LogP contribution in [-0.4, -0.2) is 30.8 Å². The number of halogens is 1. The Morgan fingerprint density at radius 3 is 2.34 bits per heavy atom. The summed E-state index contributed by atoms with van der Waals surface area (Å²) < 4.78 is 4.75. The van der Waals surface area contributed by atoms with E-state index in [1.165, 1.54) is 19.2 Å². The number of hydrogen-bond acceptors (Lipinski definition) is 6. The van der Waals surface area contributed by atoms with Crippen molar-refractivity contribution in [1.29, 1.82) is 0 Å². The quantitative estimate of drug-likeness (QED) is 0.391. The summed E-state index contributed by atoms with van der Waals surface area (Å²) in [5, 5.41) is 5.29. The molecule has 2 N–H and O–H groups in total. The summed E-state index contributed by atoms with van der Waals surface area (Å²) >= 11 is 6.20. The van der Waals surface area contributed by atoms with Gasteiger partial charge in [-0.2, -0.15) is 0 Å². The van der Waals surface area contributed by atoms with Crippen molar-refractivity contribution in [2.45, 2.75) is 6.92 Å². The highest BCUT2D eigenvalue weighted by Gasteiger charge is 2.39. The molecule has 0 atom stereocenters. The molecule has 0 spiro atoms. The number of benzene rings is 3. The van der Waals surface area contributed by atoms with Crippen LogP contribution in [0.4, 0.5) is 17.1 Å². The molecule has 3 aromatic rings. The van der Waals surface area contributed by atoms with Gasteiger partial charge in [-0.1, -0.05) is 47.5 Å². The first kappa shape index (κ1) is 23.7. The second-order valence-electron chi connectivity index (χ2n) is 7.67. The van der Waals surface area contributed by atoms with Crippen molar-refractivity contribution < 1.29 is 23.9 Å². The van der Waals surface area contributed by atoms with Gasteiger partial charge in [0.15, 0.2) is 0 Å². The van der Waals surface area contributed by atoms with E-state index in [1.807, 2.05) is 6.92 Å². The van der Waals surface area contributed by atoms with E-state index in [4.69, 9.17) is 16.3 Å². The van der Waals surface area contributed by atoms with Gasteiger partial charge in [0, 0.05) is 11.3 Å². The van der Waals surface area contributed by atoms with Gasteiger partial charge in [0.25, 0.3) is 17.7 Å². The standard InChI is InChI=1S/C26H20ClN3O5/c1-15-10-12-18(13-11-15)30-24(32)21(27)22(25(30)33)28-17-7-5-6-16(14-17)23(31)29-20-9-4-3-8-19(20)26(34)35-2/h3-14,28H,1-2H3,(H,29,31). The van der Waals surface area contributed by atoms with Gasteiger partial charge in [-0.05, 0) is 49.4 Å². The molecule has 0 bridgehead atoms. The predicted octanol–water partition coefficient (Wildman–Crippen LogP) is 4.47. The van der Waals surface area contributed by atoms with Gasteiger partial charge in [0.2, 0.25) is 0 Å². The molecule has 3 amide bonds. The van der Waals surface area contributed by atoms with Crippen molar-refractivity contribution in [1.82, 2.24) is 0 Å². The third-order valence-corrected chi connectivity index (χ3v) is 5.64. The fourth-order valence-corrected chi connectivity index (χ4v) is 3.71. The molecule has 0 aliphatic carbocycles. The molecular formula is C26H20ClN3O5. The average Bonchev–Trinajstić information content (AvgIpc) is 3.07. The van der Waals surface area contributed by atoms with Crippen molar-refractivity contribution in [3.8, 4) is 0 Å². The lowest BCUT2D eigenvalue weighted by Gasteiger charge is -2.15. The zero-order valence-corrected chi connectivity index (χ0v) is 19.6. The number of hydrogen-bond donors (Lipinski definition) is 2. The molecule has 1 heterocycles. The Morgan fingerprint density at radius 1 is 0.914 bits per heavy atom. The number of nitrogens with one attached hydrogen (secondary N) is 2. The van der Waals surface area contributed by atoms with Crippen LogP contribution in [0.1, 0.15) is 26.3 Å². The first-order chi connectivity index (χ1) is 16.8. The fourth-order valence-electron chi connectivity index (χ4n) is 3.50. The van der Waals surface area contributed by atoms with E-state index in [1.54, 1.807) is 60.7 Å². The Kier molecular flexibility index (Phi) is 6.66. The number of imide groups is 1. The van der Waals surface area contributed by atoms with E-state index in [0.29, 0.717) is 17.1 Å². The number of aryl methyl sites for hydroxylation is 1. The van der Waals surface area contributed by atoms with Gasteiger partial charge in [0.05, 0.1) is 24.0 Å². The van der Waals surface area contributed by atoms with E-state index in [0.717, 1.165) is 10.5 Å². The van der Waals surface area contributed by atoms with E-state index in [9.17, 15) is 19.2 Å². The minimum atomic E-state index is -0.642. The van der Waals surface area contributed by atoms with Crippen molar-refractivity contribution in [2.24, 2.45) is 0 Å². The Balaban J connectivity index is 1.54. The molecule has 35 heavy (non-hydrogen) atoms. The van der Waals surface area contributed by atoms with Gasteiger partial charge in [-0.25, -0.2) is 9.69 Å². The van der Waals surface area contributed by atoms with Crippen LogP contribution in [0, 0.1) is 6.92 Å². The second kappa shape index (κ2) is 9.82. The molecule has 3 aromatic carbocycles. The number of methoxy groups -OCH3 is 1. The Labute approximate surface area is 206 Å². The molecule has 0 saturated carbocycles. The maximum atomic E-state index is 13.0. The number of carbonyl (C=O) groups excluding carboxylic acids is 4. The molecular weight excluding hydrogens is 470 g/mol. The monoisotopic (exact) mass is 489 g/mol. The third-order valence-electron chi connectivity index (χ3n) is 5.29. The Morgan fingerprint density at radius 2 is 1.63 bits per heavy atom. The first-order valence-electron chi connectivity index (χ1n) is 10.5. The van der Waals surface area contributed by atoms with Crippen LogP contribution in [-0.2, 0) is 14.3 Å². The van der Waals surface area contributed by atoms with E-state index in [2.05, 4.69) is 10.6 Å². The van der Waals surface area contributed by atoms with E-state index >= 15 is 0 Å². The van der Waals surface area contributed by atoms with Crippen molar-refractivity contribution in [3.63, 3.8) is 0 Å². The number of anilines is 3. The topological polar surface area (TPSA) is 105 Å². The highest BCUT2D eigenvalue weighted by Crippen LogP contribution is 2.30. The first-order valence-corrected chi connectivity index (χ1v) is 10.9. The minimum Gasteiger partial charge on any atom is -0.465 e. The second-order valence-corrected chi connectivity index (χ2v) is 8.05. The number of ether oxygens (including phenoxy) is 1. The molecule has 1 aliphatic heterocycles. The molecule has 0 radical (unpaired) electrons. The summed E-state index contributed by atoms with van der Waals surface area (Å²) in [6, 6.07) is 19.7. The normalized spacial score (nSPS) is 13.2. The van der Waals surface area contributed by atoms with Crippen molar-refractivity contribution in [2.75, 3.05) is 22.6 Å². The molecule has 0 saturated heterocycles. The lowest BCUT2D eigenvalue weighted by molar-refractivity contribution is -0.120. The van der Waals surface area contributed by atoms with Crippen LogP contribution in [0.3, 0.4) is 0 Å². The zero-order chi connectivity index (χ0) is 25.1. The van der Waals surface area contributed by atoms with Gasteiger partial charge in [0.1, 0.15) is 10.7 Å². The molecule has 4 rings (SSSR count). The summed E-state index contributed by atoms with van der Waals surface area (Å²) in [6.45, 7) is 1.90. The summed E-state index contributed by atoms with van der Waals surface area (Å²) in [6.07, 6.45) is 0. The number of amides is 3. The van der Waals surface area contributed by atoms with Gasteiger partial charge < -0.3 is 15.4 Å². The van der Waals surface area contributed by atoms with Crippen LogP contribution in [0.2, 0.25) is 0 Å². The van der Waals surface area contributed by atoms with Crippen LogP contribution >= 0.6 is 11.6 Å². The summed E-state index contributed by atoms with van der Waals surface area (Å²) in [5.41, 5.74) is 2.41. The summed E-state index contributed by atoms with van der Waals surface area (Å²) in [4.78, 5) is 51.5. The molecule has 1 aliphatic rings. The molecule has 0 fully saturated rings. The number of nitrogens with zero attached hydrogens (tertiary/aromatic N) is 1. The number of rotatable bonds is 6. The highest BCUT2D eigenvalue weighted by atomic mass is 35.5. The van der Waals surface area contributed by atoms with Crippen molar-refractivity contribution in [3.05, 3.63) is 100 Å². The predicted molar refractivity (Wildman–Crippen MR) is 132 cm³/mol. The Bertz CT molecular complexity index is 1380. The molecule has 9 heteroatoms.